The van der Waals surface area contributed by atoms with Gasteiger partial charge in [0.1, 0.15) is 0 Å². The zero-order valence-corrected chi connectivity index (χ0v) is 14.7. The maximum absolute atomic E-state index is 12.6. The molecule has 0 aliphatic heterocycles. The third-order valence-electron chi connectivity index (χ3n) is 3.45. The number of carbonyl (C=O) groups excluding carboxylic acids is 1. The minimum atomic E-state index is -0.0941. The van der Waals surface area contributed by atoms with Gasteiger partial charge in [0.15, 0.2) is 0 Å². The largest absolute Gasteiger partial charge is 0.322 e. The Labute approximate surface area is 140 Å². The second-order valence-electron chi connectivity index (χ2n) is 5.62. The molecule has 0 aliphatic rings. The molecule has 0 unspecified atom stereocenters. The van der Waals surface area contributed by atoms with Crippen molar-refractivity contribution in [1.29, 1.82) is 0 Å². The van der Waals surface area contributed by atoms with Crippen molar-refractivity contribution in [3.63, 3.8) is 0 Å². The minimum absolute atomic E-state index is 0.0941. The predicted octanol–water partition coefficient (Wildman–Crippen LogP) is 5.20. The van der Waals surface area contributed by atoms with Gasteiger partial charge in [0.05, 0.1) is 5.69 Å². The molecule has 1 N–H and O–H groups in total. The van der Waals surface area contributed by atoms with Gasteiger partial charge in [0.2, 0.25) is 0 Å². The summed E-state index contributed by atoms with van der Waals surface area (Å²) in [4.78, 5) is 14.4. The number of urea groups is 1. The monoisotopic (exact) mass is 360 g/mol. The SMILES string of the molecule is Cc1ccc(NC(=O)N(Cc2ccccc2)C(C)C)c(Br)c1. The van der Waals surface area contributed by atoms with Crippen molar-refractivity contribution in [3.8, 4) is 0 Å². The number of amides is 2. The summed E-state index contributed by atoms with van der Waals surface area (Å²) >= 11 is 3.50. The molecule has 0 bridgehead atoms. The Balaban J connectivity index is 2.13. The lowest BCUT2D eigenvalue weighted by Crippen LogP contribution is -2.39. The maximum atomic E-state index is 12.6. The Hall–Kier alpha value is -1.81. The zero-order chi connectivity index (χ0) is 16.1. The summed E-state index contributed by atoms with van der Waals surface area (Å²) in [6, 6.07) is 15.9. The first-order chi connectivity index (χ1) is 10.5. The lowest BCUT2D eigenvalue weighted by Gasteiger charge is -2.27. The van der Waals surface area contributed by atoms with Crippen LogP contribution in [0.15, 0.2) is 53.0 Å². The maximum Gasteiger partial charge on any atom is 0.322 e. The van der Waals surface area contributed by atoms with Crippen LogP contribution < -0.4 is 5.32 Å². The summed E-state index contributed by atoms with van der Waals surface area (Å²) in [5, 5.41) is 2.98. The first-order valence-electron chi connectivity index (χ1n) is 7.35. The number of aryl methyl sites for hydroxylation is 1. The third-order valence-corrected chi connectivity index (χ3v) is 4.10. The summed E-state index contributed by atoms with van der Waals surface area (Å²) in [6.07, 6.45) is 0. The molecule has 2 amide bonds. The molecular weight excluding hydrogens is 340 g/mol. The molecule has 0 atom stereocenters. The molecule has 3 nitrogen and oxygen atoms in total. The highest BCUT2D eigenvalue weighted by Gasteiger charge is 2.18. The average molecular weight is 361 g/mol. The smallest absolute Gasteiger partial charge is 0.318 e. The van der Waals surface area contributed by atoms with Gasteiger partial charge in [0, 0.05) is 17.1 Å². The van der Waals surface area contributed by atoms with Crippen molar-refractivity contribution >= 4 is 27.6 Å². The molecule has 0 fully saturated rings. The first-order valence-corrected chi connectivity index (χ1v) is 8.14. The Bertz CT molecular complexity index is 641. The molecule has 0 radical (unpaired) electrons. The van der Waals surface area contributed by atoms with Crippen molar-refractivity contribution in [2.24, 2.45) is 0 Å². The summed E-state index contributed by atoms with van der Waals surface area (Å²) < 4.78 is 0.893. The van der Waals surface area contributed by atoms with Crippen LogP contribution in [-0.4, -0.2) is 17.0 Å². The highest BCUT2D eigenvalue weighted by Crippen LogP contribution is 2.24. The first kappa shape index (κ1) is 16.6. The lowest BCUT2D eigenvalue weighted by atomic mass is 10.2. The number of anilines is 1. The highest BCUT2D eigenvalue weighted by molar-refractivity contribution is 9.10. The van der Waals surface area contributed by atoms with E-state index >= 15 is 0 Å². The van der Waals surface area contributed by atoms with Crippen molar-refractivity contribution in [3.05, 3.63) is 64.1 Å². The molecule has 2 aromatic rings. The summed E-state index contributed by atoms with van der Waals surface area (Å²) in [5.74, 6) is 0. The number of hydrogen-bond acceptors (Lipinski definition) is 1. The third kappa shape index (κ3) is 4.34. The predicted molar refractivity (Wildman–Crippen MR) is 95.0 cm³/mol. The minimum Gasteiger partial charge on any atom is -0.318 e. The second kappa shape index (κ2) is 7.45. The average Bonchev–Trinajstić information content (AvgIpc) is 2.48. The number of rotatable bonds is 4. The molecular formula is C18H21BrN2O. The van der Waals surface area contributed by atoms with E-state index in [2.05, 4.69) is 21.2 Å². The molecule has 0 saturated heterocycles. The van der Waals surface area contributed by atoms with Crippen molar-refractivity contribution < 1.29 is 4.79 Å². The number of hydrogen-bond donors (Lipinski definition) is 1. The highest BCUT2D eigenvalue weighted by atomic mass is 79.9. The molecule has 2 rings (SSSR count). The van der Waals surface area contributed by atoms with E-state index in [-0.39, 0.29) is 12.1 Å². The number of halogens is 1. The van der Waals surface area contributed by atoms with Crippen LogP contribution in [-0.2, 0) is 6.54 Å². The molecule has 2 aromatic carbocycles. The molecule has 0 spiro atoms. The number of benzene rings is 2. The normalized spacial score (nSPS) is 10.6. The zero-order valence-electron chi connectivity index (χ0n) is 13.1. The van der Waals surface area contributed by atoms with E-state index in [4.69, 9.17) is 0 Å². The lowest BCUT2D eigenvalue weighted by molar-refractivity contribution is 0.193. The van der Waals surface area contributed by atoms with E-state index in [1.165, 1.54) is 0 Å². The van der Waals surface area contributed by atoms with Crippen LogP contribution in [0.2, 0.25) is 0 Å². The van der Waals surface area contributed by atoms with Crippen LogP contribution in [0.4, 0.5) is 10.5 Å². The molecule has 0 saturated carbocycles. The van der Waals surface area contributed by atoms with Gasteiger partial charge in [-0.1, -0.05) is 36.4 Å². The van der Waals surface area contributed by atoms with E-state index in [9.17, 15) is 4.79 Å². The van der Waals surface area contributed by atoms with Gasteiger partial charge in [-0.2, -0.15) is 0 Å². The molecule has 116 valence electrons. The second-order valence-corrected chi connectivity index (χ2v) is 6.48. The fourth-order valence-corrected chi connectivity index (χ4v) is 2.77. The van der Waals surface area contributed by atoms with Crippen LogP contribution in [0.25, 0.3) is 0 Å². The van der Waals surface area contributed by atoms with Gasteiger partial charge in [-0.25, -0.2) is 4.79 Å². The Morgan fingerprint density at radius 1 is 1.18 bits per heavy atom. The van der Waals surface area contributed by atoms with Gasteiger partial charge < -0.3 is 10.2 Å². The quantitative estimate of drug-likeness (QED) is 0.798. The van der Waals surface area contributed by atoms with Crippen molar-refractivity contribution in [2.45, 2.75) is 33.4 Å². The Morgan fingerprint density at radius 3 is 2.45 bits per heavy atom. The number of nitrogens with zero attached hydrogens (tertiary/aromatic N) is 1. The van der Waals surface area contributed by atoms with Gasteiger partial charge in [0.25, 0.3) is 0 Å². The molecule has 4 heteroatoms. The van der Waals surface area contributed by atoms with Crippen molar-refractivity contribution in [1.82, 2.24) is 4.90 Å². The topological polar surface area (TPSA) is 32.3 Å². The molecule has 0 aliphatic carbocycles. The summed E-state index contributed by atoms with van der Waals surface area (Å²) in [5.41, 5.74) is 3.05. The Kier molecular flexibility index (Phi) is 5.61. The standard InChI is InChI=1S/C18H21BrN2O/c1-13(2)21(12-15-7-5-4-6-8-15)18(22)20-17-10-9-14(3)11-16(17)19/h4-11,13H,12H2,1-3H3,(H,20,22). The van der Waals surface area contributed by atoms with E-state index in [1.54, 1.807) is 0 Å². The fourth-order valence-electron chi connectivity index (χ4n) is 2.18. The van der Waals surface area contributed by atoms with E-state index in [0.29, 0.717) is 6.54 Å². The van der Waals surface area contributed by atoms with Crippen molar-refractivity contribution in [2.75, 3.05) is 5.32 Å². The van der Waals surface area contributed by atoms with Crippen LogP contribution in [0, 0.1) is 6.92 Å². The van der Waals surface area contributed by atoms with Crippen LogP contribution in [0.3, 0.4) is 0 Å². The van der Waals surface area contributed by atoms with Gasteiger partial charge in [-0.3, -0.25) is 0 Å². The summed E-state index contributed by atoms with van der Waals surface area (Å²) in [6.45, 7) is 6.65. The van der Waals surface area contributed by atoms with Crippen LogP contribution in [0.1, 0.15) is 25.0 Å². The number of carbonyl (C=O) groups is 1. The number of nitrogens with one attached hydrogen (secondary N) is 1. The van der Waals surface area contributed by atoms with E-state index in [1.807, 2.05) is 74.2 Å². The summed E-state index contributed by atoms with van der Waals surface area (Å²) in [7, 11) is 0. The van der Waals surface area contributed by atoms with E-state index in [0.717, 1.165) is 21.3 Å². The van der Waals surface area contributed by atoms with Gasteiger partial charge in [-0.15, -0.1) is 0 Å². The molecule has 0 heterocycles. The molecule has 0 aromatic heterocycles. The Morgan fingerprint density at radius 2 is 1.86 bits per heavy atom. The van der Waals surface area contributed by atoms with Crippen LogP contribution in [0.5, 0.6) is 0 Å². The van der Waals surface area contributed by atoms with Gasteiger partial charge >= 0.3 is 6.03 Å². The van der Waals surface area contributed by atoms with Crippen LogP contribution >= 0.6 is 15.9 Å². The fraction of sp³-hybridized carbons (Fsp3) is 0.278. The molecule has 22 heavy (non-hydrogen) atoms. The van der Waals surface area contributed by atoms with E-state index < -0.39 is 0 Å². The van der Waals surface area contributed by atoms with Gasteiger partial charge in [-0.05, 0) is 60.0 Å².